The summed E-state index contributed by atoms with van der Waals surface area (Å²) < 4.78 is 0. The van der Waals surface area contributed by atoms with Crippen molar-refractivity contribution in [1.29, 1.82) is 0 Å². The number of nitrogens with two attached hydrogens (primary N) is 1. The lowest BCUT2D eigenvalue weighted by Crippen LogP contribution is -2.41. The Morgan fingerprint density at radius 3 is 2.00 bits per heavy atom. The molecular weight excluding hydrogens is 184 g/mol. The molecule has 0 spiro atoms. The fraction of sp³-hybridized carbons (Fsp3) is 1.00. The van der Waals surface area contributed by atoms with Crippen LogP contribution in [0.1, 0.15) is 72.1 Å². The Hall–Kier alpha value is -0.0800. The highest BCUT2D eigenvalue weighted by atomic mass is 15.0. The molecule has 0 bridgehead atoms. The van der Waals surface area contributed by atoms with E-state index in [0.29, 0.717) is 6.04 Å². The second-order valence-electron chi connectivity index (χ2n) is 4.84. The molecule has 0 aromatic rings. The Kier molecular flexibility index (Phi) is 10.4. The van der Waals surface area contributed by atoms with E-state index in [4.69, 9.17) is 5.73 Å². The summed E-state index contributed by atoms with van der Waals surface area (Å²) in [7, 11) is 0. The van der Waals surface area contributed by atoms with Gasteiger partial charge in [0.1, 0.15) is 0 Å². The molecule has 15 heavy (non-hydrogen) atoms. The number of unbranched alkanes of at least 4 members (excludes halogenated alkanes) is 6. The lowest BCUT2D eigenvalue weighted by molar-refractivity contribution is 0.429. The average molecular weight is 214 g/mol. The Labute approximate surface area is 96.0 Å². The third kappa shape index (κ3) is 11.8. The molecular formula is C13H30N2. The minimum atomic E-state index is 0.195. The maximum absolute atomic E-state index is 5.93. The van der Waals surface area contributed by atoms with E-state index in [9.17, 15) is 0 Å². The minimum Gasteiger partial charge on any atom is -0.316 e. The SMILES string of the molecule is CCCCCCCCCC(N)NC(C)C. The molecule has 0 saturated carbocycles. The van der Waals surface area contributed by atoms with Crippen LogP contribution >= 0.6 is 0 Å². The van der Waals surface area contributed by atoms with Crippen LogP contribution in [0.4, 0.5) is 0 Å². The normalized spacial score (nSPS) is 13.4. The Morgan fingerprint density at radius 2 is 1.47 bits per heavy atom. The fourth-order valence-electron chi connectivity index (χ4n) is 1.83. The van der Waals surface area contributed by atoms with Gasteiger partial charge in [0.15, 0.2) is 0 Å². The summed E-state index contributed by atoms with van der Waals surface area (Å²) in [6.45, 7) is 6.55. The van der Waals surface area contributed by atoms with Crippen LogP contribution in [-0.2, 0) is 0 Å². The second kappa shape index (κ2) is 10.4. The standard InChI is InChI=1S/C13H30N2/c1-4-5-6-7-8-9-10-11-13(14)15-12(2)3/h12-13,15H,4-11,14H2,1-3H3. The van der Waals surface area contributed by atoms with Gasteiger partial charge < -0.3 is 5.73 Å². The Bertz CT molecular complexity index is 124. The summed E-state index contributed by atoms with van der Waals surface area (Å²) in [4.78, 5) is 0. The molecule has 0 aliphatic heterocycles. The van der Waals surface area contributed by atoms with E-state index in [2.05, 4.69) is 26.1 Å². The zero-order valence-corrected chi connectivity index (χ0v) is 10.9. The third-order valence-electron chi connectivity index (χ3n) is 2.67. The molecule has 3 N–H and O–H groups in total. The van der Waals surface area contributed by atoms with Gasteiger partial charge >= 0.3 is 0 Å². The quantitative estimate of drug-likeness (QED) is 0.432. The fourth-order valence-corrected chi connectivity index (χ4v) is 1.83. The molecule has 0 saturated heterocycles. The summed E-state index contributed by atoms with van der Waals surface area (Å²) in [5.74, 6) is 0. The van der Waals surface area contributed by atoms with E-state index in [1.807, 2.05) is 0 Å². The molecule has 0 amide bonds. The number of hydrogen-bond acceptors (Lipinski definition) is 2. The lowest BCUT2D eigenvalue weighted by Gasteiger charge is -2.16. The zero-order valence-electron chi connectivity index (χ0n) is 10.9. The highest BCUT2D eigenvalue weighted by Gasteiger charge is 2.02. The summed E-state index contributed by atoms with van der Waals surface area (Å²) in [5.41, 5.74) is 5.93. The van der Waals surface area contributed by atoms with Gasteiger partial charge in [0.2, 0.25) is 0 Å². The van der Waals surface area contributed by atoms with Crippen LogP contribution in [0.5, 0.6) is 0 Å². The van der Waals surface area contributed by atoms with Crippen LogP contribution in [0.25, 0.3) is 0 Å². The highest BCUT2D eigenvalue weighted by Crippen LogP contribution is 2.08. The molecule has 0 aromatic carbocycles. The first-order valence-electron chi connectivity index (χ1n) is 6.68. The molecule has 0 aliphatic carbocycles. The van der Waals surface area contributed by atoms with Crippen molar-refractivity contribution in [3.05, 3.63) is 0 Å². The summed E-state index contributed by atoms with van der Waals surface area (Å²) in [6, 6.07) is 0.504. The predicted molar refractivity (Wildman–Crippen MR) is 68.9 cm³/mol. The molecule has 0 radical (unpaired) electrons. The predicted octanol–water partition coefficient (Wildman–Crippen LogP) is 3.41. The molecule has 1 unspecified atom stereocenters. The van der Waals surface area contributed by atoms with Crippen molar-refractivity contribution in [3.63, 3.8) is 0 Å². The van der Waals surface area contributed by atoms with Crippen molar-refractivity contribution >= 4 is 0 Å². The van der Waals surface area contributed by atoms with Crippen molar-refractivity contribution < 1.29 is 0 Å². The van der Waals surface area contributed by atoms with Crippen molar-refractivity contribution in [2.75, 3.05) is 0 Å². The highest BCUT2D eigenvalue weighted by molar-refractivity contribution is 4.62. The van der Waals surface area contributed by atoms with E-state index in [1.54, 1.807) is 0 Å². The van der Waals surface area contributed by atoms with Crippen LogP contribution < -0.4 is 11.1 Å². The molecule has 0 heterocycles. The second-order valence-corrected chi connectivity index (χ2v) is 4.84. The zero-order chi connectivity index (χ0) is 11.5. The van der Waals surface area contributed by atoms with Gasteiger partial charge in [-0.05, 0) is 20.3 Å². The largest absolute Gasteiger partial charge is 0.316 e. The smallest absolute Gasteiger partial charge is 0.0548 e. The molecule has 0 aliphatic rings. The van der Waals surface area contributed by atoms with E-state index in [1.165, 1.54) is 44.9 Å². The summed E-state index contributed by atoms with van der Waals surface area (Å²) >= 11 is 0. The van der Waals surface area contributed by atoms with E-state index in [0.717, 1.165) is 6.42 Å². The van der Waals surface area contributed by atoms with Crippen LogP contribution in [-0.4, -0.2) is 12.2 Å². The maximum Gasteiger partial charge on any atom is 0.0548 e. The van der Waals surface area contributed by atoms with Gasteiger partial charge in [-0.15, -0.1) is 0 Å². The van der Waals surface area contributed by atoms with E-state index >= 15 is 0 Å². The lowest BCUT2D eigenvalue weighted by atomic mass is 10.1. The topological polar surface area (TPSA) is 38.0 Å². The molecule has 0 aromatic heterocycles. The van der Waals surface area contributed by atoms with Crippen LogP contribution in [0, 0.1) is 0 Å². The van der Waals surface area contributed by atoms with E-state index < -0.39 is 0 Å². The molecule has 0 rings (SSSR count). The first-order valence-corrected chi connectivity index (χ1v) is 6.68. The molecule has 92 valence electrons. The van der Waals surface area contributed by atoms with Crippen molar-refractivity contribution in [2.45, 2.75) is 84.3 Å². The van der Waals surface area contributed by atoms with Crippen molar-refractivity contribution in [2.24, 2.45) is 5.73 Å². The minimum absolute atomic E-state index is 0.195. The summed E-state index contributed by atoms with van der Waals surface area (Å²) in [5, 5.41) is 3.33. The maximum atomic E-state index is 5.93. The Morgan fingerprint density at radius 1 is 0.933 bits per heavy atom. The first-order chi connectivity index (χ1) is 7.16. The number of hydrogen-bond donors (Lipinski definition) is 2. The van der Waals surface area contributed by atoms with Gasteiger partial charge in [-0.3, -0.25) is 5.32 Å². The molecule has 2 nitrogen and oxygen atoms in total. The molecule has 2 heteroatoms. The van der Waals surface area contributed by atoms with Gasteiger partial charge in [0.25, 0.3) is 0 Å². The number of nitrogens with one attached hydrogen (secondary N) is 1. The van der Waals surface area contributed by atoms with Crippen LogP contribution in [0.3, 0.4) is 0 Å². The van der Waals surface area contributed by atoms with Gasteiger partial charge in [-0.25, -0.2) is 0 Å². The molecule has 0 fully saturated rings. The van der Waals surface area contributed by atoms with Crippen molar-refractivity contribution in [3.8, 4) is 0 Å². The van der Waals surface area contributed by atoms with Crippen LogP contribution in [0.2, 0.25) is 0 Å². The summed E-state index contributed by atoms with van der Waals surface area (Å²) in [6.07, 6.45) is 10.9. The van der Waals surface area contributed by atoms with Gasteiger partial charge in [0, 0.05) is 6.04 Å². The monoisotopic (exact) mass is 214 g/mol. The average Bonchev–Trinajstić information content (AvgIpc) is 2.15. The Balaban J connectivity index is 3.09. The number of rotatable bonds is 10. The van der Waals surface area contributed by atoms with E-state index in [-0.39, 0.29) is 6.17 Å². The molecule has 1 atom stereocenters. The van der Waals surface area contributed by atoms with Crippen molar-refractivity contribution in [1.82, 2.24) is 5.32 Å². The van der Waals surface area contributed by atoms with Gasteiger partial charge in [-0.2, -0.15) is 0 Å². The van der Waals surface area contributed by atoms with Gasteiger partial charge in [-0.1, -0.05) is 51.9 Å². The van der Waals surface area contributed by atoms with Gasteiger partial charge in [0.05, 0.1) is 6.17 Å². The third-order valence-corrected chi connectivity index (χ3v) is 2.67. The first kappa shape index (κ1) is 14.9. The van der Waals surface area contributed by atoms with Crippen LogP contribution in [0.15, 0.2) is 0 Å².